The molecule has 9 nitrogen and oxygen atoms in total. The molecule has 0 aliphatic rings. The zero-order chi connectivity index (χ0) is 23.6. The van der Waals surface area contributed by atoms with Crippen LogP contribution in [0.25, 0.3) is 0 Å². The average molecular weight is 484 g/mol. The van der Waals surface area contributed by atoms with Gasteiger partial charge in [0.25, 0.3) is 5.69 Å². The van der Waals surface area contributed by atoms with Crippen molar-refractivity contribution >= 4 is 33.3 Å². The number of benzene rings is 2. The number of nitro benzene ring substituents is 1. The van der Waals surface area contributed by atoms with Gasteiger partial charge in [-0.25, -0.2) is 5.48 Å². The summed E-state index contributed by atoms with van der Waals surface area (Å²) in [5, 5.41) is 11.0. The molecule has 14 heteroatoms. The molecule has 0 aromatic heterocycles. The first-order valence-corrected chi connectivity index (χ1v) is 10.3. The monoisotopic (exact) mass is 483 g/mol. The maximum absolute atomic E-state index is 12.8. The van der Waals surface area contributed by atoms with Crippen LogP contribution in [0.3, 0.4) is 0 Å². The fourth-order valence-corrected chi connectivity index (χ4v) is 3.35. The lowest BCUT2D eigenvalue weighted by Crippen LogP contribution is -2.33. The third kappa shape index (κ3) is 6.69. The largest absolute Gasteiger partial charge is 0.455 e. The molecule has 0 unspecified atom stereocenters. The molecule has 2 rings (SSSR count). The molecule has 0 heterocycles. The standard InChI is InChI=1S/C17H17ClF3N3O6S/c1-9(2)23-31(27,28)30-22-13-8-16(10(3)6-14(13)24(25)26)29-15-5-4-11(7-12(15)18)17(19,20)21/h4-9,22-23H,1-3H3. The molecule has 0 saturated carbocycles. The highest BCUT2D eigenvalue weighted by molar-refractivity contribution is 7.84. The summed E-state index contributed by atoms with van der Waals surface area (Å²) in [6, 6.07) is 4.05. The van der Waals surface area contributed by atoms with E-state index in [1.54, 1.807) is 0 Å². The molecule has 0 radical (unpaired) electrons. The molecule has 0 bridgehead atoms. The van der Waals surface area contributed by atoms with Crippen molar-refractivity contribution < 1.29 is 35.5 Å². The summed E-state index contributed by atoms with van der Waals surface area (Å²) in [7, 11) is -4.28. The van der Waals surface area contributed by atoms with Crippen LogP contribution in [0.5, 0.6) is 11.5 Å². The van der Waals surface area contributed by atoms with Gasteiger partial charge in [-0.1, -0.05) is 11.6 Å². The molecular formula is C17H17ClF3N3O6S. The summed E-state index contributed by atoms with van der Waals surface area (Å²) in [4.78, 5) is 10.5. The van der Waals surface area contributed by atoms with E-state index in [1.165, 1.54) is 20.8 Å². The lowest BCUT2D eigenvalue weighted by Gasteiger charge is -2.15. The minimum Gasteiger partial charge on any atom is -0.455 e. The number of ether oxygens (including phenoxy) is 1. The lowest BCUT2D eigenvalue weighted by molar-refractivity contribution is -0.384. The Bertz CT molecular complexity index is 1090. The molecule has 2 N–H and O–H groups in total. The fraction of sp³-hybridized carbons (Fsp3) is 0.294. The number of alkyl halides is 3. The zero-order valence-electron chi connectivity index (χ0n) is 16.3. The smallest absolute Gasteiger partial charge is 0.416 e. The third-order valence-corrected chi connectivity index (χ3v) is 4.97. The van der Waals surface area contributed by atoms with E-state index in [0.717, 1.165) is 24.3 Å². The van der Waals surface area contributed by atoms with Crippen LogP contribution < -0.4 is 14.9 Å². The van der Waals surface area contributed by atoms with Crippen LogP contribution in [0.2, 0.25) is 5.02 Å². The van der Waals surface area contributed by atoms with Crippen LogP contribution >= 0.6 is 11.6 Å². The molecule has 2 aromatic carbocycles. The molecule has 170 valence electrons. The normalized spacial score (nSPS) is 12.1. The van der Waals surface area contributed by atoms with Crippen molar-refractivity contribution in [2.75, 3.05) is 5.48 Å². The average Bonchev–Trinajstić information content (AvgIpc) is 2.61. The Morgan fingerprint density at radius 2 is 1.81 bits per heavy atom. The van der Waals surface area contributed by atoms with Gasteiger partial charge in [0, 0.05) is 18.2 Å². The third-order valence-electron chi connectivity index (χ3n) is 3.61. The number of nitro groups is 1. The van der Waals surface area contributed by atoms with Gasteiger partial charge >= 0.3 is 16.5 Å². The Morgan fingerprint density at radius 3 is 2.32 bits per heavy atom. The number of hydrogen-bond acceptors (Lipinski definition) is 7. The van der Waals surface area contributed by atoms with Crippen LogP contribution in [0.1, 0.15) is 25.0 Å². The molecule has 0 fully saturated rings. The Labute approximate surface area is 180 Å². The topological polar surface area (TPSA) is 120 Å². The van der Waals surface area contributed by atoms with Gasteiger partial charge in [0.15, 0.2) is 0 Å². The number of halogens is 4. The molecule has 0 atom stereocenters. The van der Waals surface area contributed by atoms with Crippen molar-refractivity contribution in [1.82, 2.24) is 4.72 Å². The molecule has 0 saturated heterocycles. The zero-order valence-corrected chi connectivity index (χ0v) is 17.9. The maximum atomic E-state index is 12.8. The van der Waals surface area contributed by atoms with Gasteiger partial charge in [0.1, 0.15) is 17.2 Å². The van der Waals surface area contributed by atoms with Crippen LogP contribution in [0.4, 0.5) is 24.5 Å². The molecule has 0 spiro atoms. The van der Waals surface area contributed by atoms with Crippen LogP contribution in [0, 0.1) is 17.0 Å². The van der Waals surface area contributed by atoms with E-state index in [2.05, 4.69) is 9.01 Å². The van der Waals surface area contributed by atoms with E-state index in [-0.39, 0.29) is 27.8 Å². The van der Waals surface area contributed by atoms with Crippen molar-refractivity contribution in [2.24, 2.45) is 0 Å². The van der Waals surface area contributed by atoms with E-state index in [9.17, 15) is 31.7 Å². The van der Waals surface area contributed by atoms with Crippen molar-refractivity contribution in [1.29, 1.82) is 0 Å². The summed E-state index contributed by atoms with van der Waals surface area (Å²) in [5.41, 5.74) is 0.336. The highest BCUT2D eigenvalue weighted by atomic mass is 35.5. The van der Waals surface area contributed by atoms with Crippen molar-refractivity contribution in [3.8, 4) is 11.5 Å². The summed E-state index contributed by atoms with van der Waals surface area (Å²) >= 11 is 5.87. The predicted molar refractivity (Wildman–Crippen MR) is 106 cm³/mol. The number of rotatable bonds is 8. The minimum absolute atomic E-state index is 0.0347. The SMILES string of the molecule is Cc1cc([N+](=O)[O-])c(NOS(=O)(=O)NC(C)C)cc1Oc1ccc(C(F)(F)F)cc1Cl. The summed E-state index contributed by atoms with van der Waals surface area (Å²) in [5.74, 6) is -0.180. The van der Waals surface area contributed by atoms with Gasteiger partial charge in [0.05, 0.1) is 15.5 Å². The van der Waals surface area contributed by atoms with E-state index in [1.807, 2.05) is 5.48 Å². The van der Waals surface area contributed by atoms with E-state index < -0.39 is 38.7 Å². The van der Waals surface area contributed by atoms with Crippen molar-refractivity contribution in [3.05, 3.63) is 56.6 Å². The summed E-state index contributed by atoms with van der Waals surface area (Å²) in [6.45, 7) is 4.52. The van der Waals surface area contributed by atoms with Crippen LogP contribution in [-0.4, -0.2) is 19.4 Å². The molecule has 0 aliphatic heterocycles. The van der Waals surface area contributed by atoms with Crippen molar-refractivity contribution in [3.63, 3.8) is 0 Å². The molecular weight excluding hydrogens is 467 g/mol. The second-order valence-electron chi connectivity index (χ2n) is 6.55. The molecule has 0 amide bonds. The first kappa shape index (κ1) is 24.7. The highest BCUT2D eigenvalue weighted by Crippen LogP contribution is 2.39. The maximum Gasteiger partial charge on any atom is 0.416 e. The van der Waals surface area contributed by atoms with Crippen LogP contribution in [-0.2, 0) is 20.8 Å². The van der Waals surface area contributed by atoms with Gasteiger partial charge in [-0.15, -0.1) is 4.28 Å². The van der Waals surface area contributed by atoms with Gasteiger partial charge in [-0.05, 0) is 44.5 Å². The molecule has 0 aliphatic carbocycles. The Morgan fingerprint density at radius 1 is 1.16 bits per heavy atom. The van der Waals surface area contributed by atoms with E-state index >= 15 is 0 Å². The number of hydrogen-bond donors (Lipinski definition) is 2. The van der Waals surface area contributed by atoms with Gasteiger partial charge in [-0.3, -0.25) is 10.1 Å². The lowest BCUT2D eigenvalue weighted by atomic mass is 10.1. The quantitative estimate of drug-likeness (QED) is 0.402. The van der Waals surface area contributed by atoms with Crippen LogP contribution in [0.15, 0.2) is 30.3 Å². The van der Waals surface area contributed by atoms with E-state index in [0.29, 0.717) is 6.07 Å². The number of aryl methyl sites for hydroxylation is 1. The summed E-state index contributed by atoms with van der Waals surface area (Å²) < 4.78 is 74.1. The number of nitrogens with one attached hydrogen (secondary N) is 2. The Kier molecular flexibility index (Phi) is 7.36. The highest BCUT2D eigenvalue weighted by Gasteiger charge is 2.31. The summed E-state index contributed by atoms with van der Waals surface area (Å²) in [6.07, 6.45) is -4.60. The van der Waals surface area contributed by atoms with Gasteiger partial charge in [0.2, 0.25) is 0 Å². The Balaban J connectivity index is 2.37. The minimum atomic E-state index is -4.60. The van der Waals surface area contributed by atoms with Gasteiger partial charge < -0.3 is 4.74 Å². The Hall–Kier alpha value is -2.61. The van der Waals surface area contributed by atoms with E-state index in [4.69, 9.17) is 16.3 Å². The van der Waals surface area contributed by atoms with Crippen molar-refractivity contribution in [2.45, 2.75) is 33.0 Å². The predicted octanol–water partition coefficient (Wildman–Crippen LogP) is 4.95. The fourth-order valence-electron chi connectivity index (χ4n) is 2.31. The second-order valence-corrected chi connectivity index (χ2v) is 8.27. The first-order valence-electron chi connectivity index (χ1n) is 8.50. The number of anilines is 1. The first-order chi connectivity index (χ1) is 14.2. The molecule has 2 aromatic rings. The molecule has 31 heavy (non-hydrogen) atoms. The second kappa shape index (κ2) is 9.26. The van der Waals surface area contributed by atoms with Gasteiger partial charge in [-0.2, -0.15) is 26.3 Å². The number of nitrogens with zero attached hydrogens (tertiary/aromatic N) is 1.